The first-order valence-electron chi connectivity index (χ1n) is 8.21. The zero-order valence-electron chi connectivity index (χ0n) is 15.0. The van der Waals surface area contributed by atoms with E-state index in [9.17, 15) is 0 Å². The molecule has 138 valence electrons. The first kappa shape index (κ1) is 23.5. The molecule has 2 rings (SSSR count). The Kier molecular flexibility index (Phi) is 15.1. The Labute approximate surface area is 162 Å². The van der Waals surface area contributed by atoms with Crippen LogP contribution in [0.4, 0.5) is 11.4 Å². The molecule has 0 atom stereocenters. The third-order valence-electron chi connectivity index (χ3n) is 2.88. The minimum Gasteiger partial charge on any atom is -0.397 e. The Morgan fingerprint density at radius 1 is 0.880 bits per heavy atom. The second-order valence-corrected chi connectivity index (χ2v) is 12.8. The van der Waals surface area contributed by atoms with Gasteiger partial charge in [0.05, 0.1) is 11.4 Å². The molecule has 2 aromatic carbocycles. The van der Waals surface area contributed by atoms with Crippen molar-refractivity contribution >= 4 is 44.0 Å². The Morgan fingerprint density at radius 3 is 1.88 bits per heavy atom. The van der Waals surface area contributed by atoms with E-state index in [1.54, 1.807) is 0 Å². The summed E-state index contributed by atoms with van der Waals surface area (Å²) in [5, 5.41) is 3.04. The molecular formula is C19H29N3OSe2. The van der Waals surface area contributed by atoms with Crippen molar-refractivity contribution in [1.29, 1.82) is 0 Å². The van der Waals surface area contributed by atoms with Crippen molar-refractivity contribution in [2.75, 3.05) is 11.5 Å². The van der Waals surface area contributed by atoms with Crippen LogP contribution in [0.1, 0.15) is 26.7 Å². The van der Waals surface area contributed by atoms with Crippen molar-refractivity contribution in [3.8, 4) is 11.1 Å². The van der Waals surface area contributed by atoms with Crippen LogP contribution >= 0.6 is 0 Å². The number of carbonyl (C=O) groups excluding carboxylic acids is 1. The molecule has 0 aliphatic heterocycles. The maximum Gasteiger partial charge on any atom is 0.204 e. The van der Waals surface area contributed by atoms with Crippen LogP contribution < -0.4 is 17.2 Å². The summed E-state index contributed by atoms with van der Waals surface area (Å²) in [5.41, 5.74) is 19.2. The molecular weight excluding hydrogens is 444 g/mol. The Bertz CT molecular complexity index is 574. The van der Waals surface area contributed by atoms with Gasteiger partial charge in [-0.05, 0) is 11.6 Å². The van der Waals surface area contributed by atoms with E-state index in [0.717, 1.165) is 37.4 Å². The number of nitrogens with two attached hydrogens (primary N) is 3. The Morgan fingerprint density at radius 2 is 1.40 bits per heavy atom. The van der Waals surface area contributed by atoms with Gasteiger partial charge < -0.3 is 17.2 Å². The number of rotatable bonds is 6. The molecule has 4 nitrogen and oxygen atoms in total. The molecule has 0 aromatic heterocycles. The quantitative estimate of drug-likeness (QED) is 0.259. The van der Waals surface area contributed by atoms with Crippen molar-refractivity contribution in [3.63, 3.8) is 0 Å². The van der Waals surface area contributed by atoms with E-state index in [1.807, 2.05) is 48.5 Å². The fourth-order valence-corrected chi connectivity index (χ4v) is 9.13. The number of carbonyl (C=O) groups is 1. The second kappa shape index (κ2) is 16.0. The molecule has 6 heteroatoms. The third kappa shape index (κ3) is 10.9. The van der Waals surface area contributed by atoms with Crippen molar-refractivity contribution in [2.24, 2.45) is 5.73 Å². The zero-order valence-corrected chi connectivity index (χ0v) is 18.4. The van der Waals surface area contributed by atoms with Crippen LogP contribution in [0.3, 0.4) is 0 Å². The van der Waals surface area contributed by atoms with Crippen LogP contribution in [0.15, 0.2) is 48.5 Å². The molecule has 0 aliphatic carbocycles. The van der Waals surface area contributed by atoms with Crippen LogP contribution in [-0.2, 0) is 4.79 Å². The normalized spacial score (nSPS) is 9.20. The minimum atomic E-state index is 0.250. The average molecular weight is 473 g/mol. The number of primary amides is 1. The fraction of sp³-hybridized carbons (Fsp3) is 0.316. The van der Waals surface area contributed by atoms with Gasteiger partial charge in [-0.15, -0.1) is 0 Å². The summed E-state index contributed by atoms with van der Waals surface area (Å²) < 4.78 is 0. The molecule has 2 aromatic rings. The SMILES string of the molecule is CCC[Se][Se]CCC.NC=O.Nc1cccc(-c2ccccc2)c1N. The predicted octanol–water partition coefficient (Wildman–Crippen LogP) is 3.59. The van der Waals surface area contributed by atoms with Gasteiger partial charge in [0.25, 0.3) is 0 Å². The summed E-state index contributed by atoms with van der Waals surface area (Å²) in [7, 11) is 0. The molecule has 0 bridgehead atoms. The first-order valence-corrected chi connectivity index (χ1v) is 15.0. The second-order valence-electron chi connectivity index (χ2n) is 4.95. The van der Waals surface area contributed by atoms with E-state index in [2.05, 4.69) is 19.6 Å². The molecule has 6 N–H and O–H groups in total. The molecule has 0 fully saturated rings. The van der Waals surface area contributed by atoms with Crippen molar-refractivity contribution < 1.29 is 4.79 Å². The first-order chi connectivity index (χ1) is 12.1. The van der Waals surface area contributed by atoms with Gasteiger partial charge in [-0.25, -0.2) is 0 Å². The topological polar surface area (TPSA) is 95.1 Å². The van der Waals surface area contributed by atoms with E-state index < -0.39 is 0 Å². The average Bonchev–Trinajstić information content (AvgIpc) is 2.63. The smallest absolute Gasteiger partial charge is 0.204 e. The van der Waals surface area contributed by atoms with Crippen molar-refractivity contribution in [1.82, 2.24) is 0 Å². The maximum atomic E-state index is 8.58. The monoisotopic (exact) mass is 475 g/mol. The molecule has 25 heavy (non-hydrogen) atoms. The van der Waals surface area contributed by atoms with Gasteiger partial charge in [0.15, 0.2) is 0 Å². The summed E-state index contributed by atoms with van der Waals surface area (Å²) in [6, 6.07) is 15.7. The molecule has 0 heterocycles. The van der Waals surface area contributed by atoms with Gasteiger partial charge in [0, 0.05) is 5.56 Å². The number of hydrogen-bond donors (Lipinski definition) is 3. The maximum absolute atomic E-state index is 8.58. The van der Waals surface area contributed by atoms with Gasteiger partial charge in [-0.2, -0.15) is 0 Å². The van der Waals surface area contributed by atoms with E-state index >= 15 is 0 Å². The largest absolute Gasteiger partial charge is 0.397 e. The van der Waals surface area contributed by atoms with Gasteiger partial charge in [-0.3, -0.25) is 4.79 Å². The van der Waals surface area contributed by atoms with Crippen molar-refractivity contribution in [2.45, 2.75) is 37.3 Å². The number of benzene rings is 2. The Balaban J connectivity index is 0.000000448. The molecule has 0 saturated heterocycles. The number of nitrogen functional groups attached to an aromatic ring is 2. The van der Waals surface area contributed by atoms with Crippen LogP contribution in [0.25, 0.3) is 11.1 Å². The molecule has 1 amide bonds. The van der Waals surface area contributed by atoms with E-state index in [0.29, 0.717) is 11.4 Å². The molecule has 0 aliphatic rings. The molecule has 0 spiro atoms. The summed E-state index contributed by atoms with van der Waals surface area (Å²) in [4.78, 5) is 8.58. The zero-order chi connectivity index (χ0) is 18.9. The van der Waals surface area contributed by atoms with Crippen molar-refractivity contribution in [3.05, 3.63) is 48.5 Å². The molecule has 0 unspecified atom stereocenters. The van der Waals surface area contributed by atoms with Crippen LogP contribution in [-0.4, -0.2) is 32.7 Å². The van der Waals surface area contributed by atoms with E-state index in [-0.39, 0.29) is 6.41 Å². The molecule has 0 radical (unpaired) electrons. The Hall–Kier alpha value is -1.45. The van der Waals surface area contributed by atoms with Gasteiger partial charge in [0.2, 0.25) is 6.41 Å². The van der Waals surface area contributed by atoms with Gasteiger partial charge in [0.1, 0.15) is 0 Å². The van der Waals surface area contributed by atoms with E-state index in [4.69, 9.17) is 16.3 Å². The number of amides is 1. The van der Waals surface area contributed by atoms with Gasteiger partial charge in [-0.1, -0.05) is 42.5 Å². The predicted molar refractivity (Wildman–Crippen MR) is 113 cm³/mol. The number of anilines is 2. The third-order valence-corrected chi connectivity index (χ3v) is 11.1. The minimum absolute atomic E-state index is 0.250. The summed E-state index contributed by atoms with van der Waals surface area (Å²) in [6.07, 6.45) is 3.07. The number of hydrogen-bond acceptors (Lipinski definition) is 3. The van der Waals surface area contributed by atoms with Gasteiger partial charge >= 0.3 is 63.6 Å². The summed E-state index contributed by atoms with van der Waals surface area (Å²) in [6.45, 7) is 4.56. The molecule has 0 saturated carbocycles. The standard InChI is InChI=1S/C12H12N2.C6H14Se2.CH3NO/c13-11-8-4-7-10(12(11)14)9-5-2-1-3-6-9;1-3-5-7-8-6-4-2;2-1-3/h1-8H,13-14H2;3-6H2,1-2H3;1H,(H2,2,3). The van der Waals surface area contributed by atoms with Crippen LogP contribution in [0.2, 0.25) is 10.6 Å². The summed E-state index contributed by atoms with van der Waals surface area (Å²) >= 11 is 2.08. The summed E-state index contributed by atoms with van der Waals surface area (Å²) in [5.74, 6) is 0. The van der Waals surface area contributed by atoms with E-state index in [1.165, 1.54) is 23.5 Å². The fourth-order valence-electron chi connectivity index (χ4n) is 1.74. The number of para-hydroxylation sites is 1. The van der Waals surface area contributed by atoms with Crippen LogP contribution in [0, 0.1) is 0 Å². The van der Waals surface area contributed by atoms with Crippen LogP contribution in [0.5, 0.6) is 0 Å².